The van der Waals surface area contributed by atoms with Crippen molar-refractivity contribution in [3.8, 4) is 0 Å². The summed E-state index contributed by atoms with van der Waals surface area (Å²) >= 11 is 0. The maximum atomic E-state index is 13.8. The van der Waals surface area contributed by atoms with Crippen molar-refractivity contribution in [1.29, 1.82) is 0 Å². The smallest absolute Gasteiger partial charge is 0.382 e. The molecule has 0 amide bonds. The predicted molar refractivity (Wildman–Crippen MR) is 226 cm³/mol. The molecule has 0 radical (unpaired) electrons. The molecule has 11 atom stereocenters. The monoisotopic (exact) mass is 999 g/mol. The Morgan fingerprint density at radius 1 is 0.672 bits per heavy atom. The van der Waals surface area contributed by atoms with Gasteiger partial charge in [-0.25, -0.2) is 48.6 Å². The summed E-state index contributed by atoms with van der Waals surface area (Å²) in [5, 5.41) is 0. The van der Waals surface area contributed by atoms with Crippen molar-refractivity contribution in [2.45, 2.75) is 94.8 Å². The summed E-state index contributed by atoms with van der Waals surface area (Å²) in [6, 6.07) is 0. The van der Waals surface area contributed by atoms with Crippen molar-refractivity contribution >= 4 is 74.5 Å². The third-order valence-corrected chi connectivity index (χ3v) is 13.9. The van der Waals surface area contributed by atoms with Crippen molar-refractivity contribution in [1.82, 2.24) is 58.6 Å². The van der Waals surface area contributed by atoms with E-state index in [0.717, 1.165) is 0 Å². The lowest BCUT2D eigenvalue weighted by Gasteiger charge is -2.25. The Bertz CT molecular complexity index is 2990. The van der Waals surface area contributed by atoms with Crippen LogP contribution < -0.4 is 22.8 Å². The first-order valence-electron chi connectivity index (χ1n) is 20.3. The molecule has 6 aromatic rings. The fourth-order valence-electron chi connectivity index (χ4n) is 7.81. The van der Waals surface area contributed by atoms with Gasteiger partial charge in [0.05, 0.1) is 51.0 Å². The van der Waals surface area contributed by atoms with Crippen LogP contribution in [-0.4, -0.2) is 130 Å². The van der Waals surface area contributed by atoms with Crippen LogP contribution in [-0.2, 0) is 55.0 Å². The molecule has 3 saturated heterocycles. The van der Waals surface area contributed by atoms with Crippen molar-refractivity contribution in [3.05, 3.63) is 42.0 Å². The standard InChI is InChI=1S/C33H44N15O16P3/c1-15(2)62-65(50,51)57-8-19-18(6-23(61-19)48-14-43-26-31(48)44-33(36)45-32(26)49)64-67(54,55)58-9-20-17(5-22(60-20)47-13-42-25-28(35)38-11-40-30(25)47)63-66(52,53)56-7-16-3-4-21(59-16)46-12-41-24-27(34)37-10-39-29(24)46/h10-23H,3-9H2,1-2H3,(H,50,51)(H,52,53)(H,54,55)(H2,34,37,39)(H2,35,38,40)(H3,36,44,45,49)/t16-,17-,18-,19?,20+,21+,22+,23+/m0/s1. The van der Waals surface area contributed by atoms with Crippen LogP contribution in [0.3, 0.4) is 0 Å². The SMILES string of the molecule is CC(C)OP(=O)(O)OCC1O[C@@H](n2cnc3c(=O)[nH]c(N)nc32)C[C@@H]1OP(=O)(O)OC[C@H]1O[C@@H](n2cnc3c(N)ncnc32)C[C@@H]1OP(=O)(O)OC[C@@H]1CC[C@H](n2cnc3c(N)ncnc32)O1. The van der Waals surface area contributed by atoms with Crippen molar-refractivity contribution in [2.24, 2.45) is 0 Å². The van der Waals surface area contributed by atoms with E-state index in [4.69, 9.17) is 58.6 Å². The highest BCUT2D eigenvalue weighted by atomic mass is 31.2. The topological polar surface area (TPSA) is 424 Å². The molecule has 0 saturated carbocycles. The molecule has 0 aliphatic carbocycles. The number of fused-ring (bicyclic) bond motifs is 3. The number of H-pyrrole nitrogens is 1. The minimum absolute atomic E-state index is 0.000382. The van der Waals surface area contributed by atoms with Crippen LogP contribution in [0.2, 0.25) is 0 Å². The molecule has 0 spiro atoms. The summed E-state index contributed by atoms with van der Waals surface area (Å²) < 4.78 is 94.9. The lowest BCUT2D eigenvalue weighted by Crippen LogP contribution is -2.31. The lowest BCUT2D eigenvalue weighted by atomic mass is 10.2. The van der Waals surface area contributed by atoms with E-state index in [1.54, 1.807) is 4.57 Å². The van der Waals surface area contributed by atoms with Gasteiger partial charge in [0.1, 0.15) is 66.8 Å². The van der Waals surface area contributed by atoms with E-state index in [1.165, 1.54) is 54.6 Å². The first kappa shape index (κ1) is 47.1. The number of hydrogen-bond acceptors (Lipinski definition) is 24. The summed E-state index contributed by atoms with van der Waals surface area (Å²) in [5.74, 6) is 0.0368. The summed E-state index contributed by atoms with van der Waals surface area (Å²) in [7, 11) is -14.8. The van der Waals surface area contributed by atoms with E-state index in [-0.39, 0.29) is 59.4 Å². The Morgan fingerprint density at radius 2 is 1.16 bits per heavy atom. The van der Waals surface area contributed by atoms with Crippen LogP contribution in [0.15, 0.2) is 36.4 Å². The molecule has 31 nitrogen and oxygen atoms in total. The van der Waals surface area contributed by atoms with Gasteiger partial charge in [0.25, 0.3) is 5.56 Å². The van der Waals surface area contributed by atoms with Gasteiger partial charge in [-0.05, 0) is 26.7 Å². The van der Waals surface area contributed by atoms with Crippen molar-refractivity contribution in [2.75, 3.05) is 37.0 Å². The maximum absolute atomic E-state index is 13.8. The Balaban J connectivity index is 0.894. The molecule has 362 valence electrons. The quantitative estimate of drug-likeness (QED) is 0.0597. The van der Waals surface area contributed by atoms with Gasteiger partial charge in [0.2, 0.25) is 5.95 Å². The second kappa shape index (κ2) is 18.5. The third kappa shape index (κ3) is 10.3. The number of imidazole rings is 3. The molecule has 34 heteroatoms. The van der Waals surface area contributed by atoms with Crippen LogP contribution in [0.4, 0.5) is 17.6 Å². The normalized spacial score (nSPS) is 27.3. The van der Waals surface area contributed by atoms with Gasteiger partial charge in [-0.2, -0.15) is 4.98 Å². The number of nitrogens with zero attached hydrogens (tertiary/aromatic N) is 11. The molecular formula is C33H44N15O16P3. The molecule has 0 aromatic carbocycles. The second-order valence-corrected chi connectivity index (χ2v) is 19.9. The average Bonchev–Trinajstić information content (AvgIpc) is 4.11. The second-order valence-electron chi connectivity index (χ2n) is 15.7. The molecule has 3 fully saturated rings. The molecule has 9 rings (SSSR count). The van der Waals surface area contributed by atoms with Crippen LogP contribution in [0.25, 0.3) is 33.5 Å². The molecule has 9 heterocycles. The Hall–Kier alpha value is -4.94. The molecule has 4 unspecified atom stereocenters. The number of aromatic amines is 1. The Kier molecular flexibility index (Phi) is 13.0. The van der Waals surface area contributed by atoms with Crippen LogP contribution >= 0.6 is 23.5 Å². The zero-order chi connectivity index (χ0) is 47.4. The zero-order valence-corrected chi connectivity index (χ0v) is 37.9. The lowest BCUT2D eigenvalue weighted by molar-refractivity contribution is -0.0574. The molecule has 67 heavy (non-hydrogen) atoms. The van der Waals surface area contributed by atoms with Gasteiger partial charge in [-0.1, -0.05) is 0 Å². The van der Waals surface area contributed by atoms with E-state index >= 15 is 0 Å². The number of nitrogen functional groups attached to an aromatic ring is 3. The number of nitrogens with one attached hydrogen (secondary N) is 1. The van der Waals surface area contributed by atoms with E-state index in [9.17, 15) is 33.2 Å². The van der Waals surface area contributed by atoms with Crippen molar-refractivity contribution < 1.29 is 69.7 Å². The van der Waals surface area contributed by atoms with Gasteiger partial charge in [0.15, 0.2) is 34.1 Å². The minimum atomic E-state index is -5.17. The molecule has 0 bridgehead atoms. The fraction of sp³-hybridized carbons (Fsp3) is 0.545. The highest BCUT2D eigenvalue weighted by Crippen LogP contribution is 2.53. The van der Waals surface area contributed by atoms with Gasteiger partial charge < -0.3 is 46.1 Å². The number of hydrogen-bond donors (Lipinski definition) is 7. The number of phosphoric acid groups is 3. The number of ether oxygens (including phenoxy) is 3. The van der Waals surface area contributed by atoms with Gasteiger partial charge >= 0.3 is 23.5 Å². The van der Waals surface area contributed by atoms with Crippen LogP contribution in [0.1, 0.15) is 58.2 Å². The maximum Gasteiger partial charge on any atom is 0.472 e. The van der Waals surface area contributed by atoms with E-state index in [0.29, 0.717) is 24.0 Å². The largest absolute Gasteiger partial charge is 0.472 e. The number of aromatic nitrogens is 12. The summed E-state index contributed by atoms with van der Waals surface area (Å²) in [5.41, 5.74) is 18.2. The molecule has 10 N–H and O–H groups in total. The Morgan fingerprint density at radius 3 is 1.72 bits per heavy atom. The fourth-order valence-corrected chi connectivity index (χ4v) is 10.7. The average molecular weight is 1000 g/mol. The summed E-state index contributed by atoms with van der Waals surface area (Å²) in [4.78, 5) is 80.3. The minimum Gasteiger partial charge on any atom is -0.382 e. The number of anilines is 3. The Labute approximate surface area is 376 Å². The number of phosphoric ester groups is 3. The highest BCUT2D eigenvalue weighted by Gasteiger charge is 2.47. The number of rotatable bonds is 18. The summed E-state index contributed by atoms with van der Waals surface area (Å²) in [6.07, 6.45) is -2.33. The number of nitrogens with two attached hydrogens (primary N) is 3. The molecular weight excluding hydrogens is 955 g/mol. The summed E-state index contributed by atoms with van der Waals surface area (Å²) in [6.45, 7) is 1.18. The molecule has 6 aromatic heterocycles. The van der Waals surface area contributed by atoms with Gasteiger partial charge in [-0.15, -0.1) is 0 Å². The van der Waals surface area contributed by atoms with Crippen LogP contribution in [0, 0.1) is 0 Å². The van der Waals surface area contributed by atoms with Gasteiger partial charge in [0, 0.05) is 12.8 Å². The van der Waals surface area contributed by atoms with E-state index in [1.807, 2.05) is 0 Å². The molecule has 3 aliphatic heterocycles. The van der Waals surface area contributed by atoms with Crippen LogP contribution in [0.5, 0.6) is 0 Å². The zero-order valence-electron chi connectivity index (χ0n) is 35.2. The van der Waals surface area contributed by atoms with E-state index in [2.05, 4.69) is 44.9 Å². The first-order valence-corrected chi connectivity index (χ1v) is 24.8. The van der Waals surface area contributed by atoms with Gasteiger partial charge in [-0.3, -0.25) is 50.6 Å². The first-order chi connectivity index (χ1) is 31.8. The highest BCUT2D eigenvalue weighted by molar-refractivity contribution is 7.48. The molecule has 3 aliphatic rings. The predicted octanol–water partition coefficient (Wildman–Crippen LogP) is 1.35. The van der Waals surface area contributed by atoms with Crippen molar-refractivity contribution in [3.63, 3.8) is 0 Å². The van der Waals surface area contributed by atoms with E-state index < -0.39 is 97.5 Å². The third-order valence-electron chi connectivity index (χ3n) is 10.7.